The molecular weight excluding hydrogens is 286 g/mol. The number of hydrogen-bond acceptors (Lipinski definition) is 2. The Kier molecular flexibility index (Phi) is 5.51. The summed E-state index contributed by atoms with van der Waals surface area (Å²) in [4.78, 5) is 14.8. The fraction of sp³-hybridized carbons (Fsp3) is 0.588. The van der Waals surface area contributed by atoms with Crippen LogP contribution in [0.15, 0.2) is 18.2 Å². The van der Waals surface area contributed by atoms with E-state index in [-0.39, 0.29) is 11.7 Å². The van der Waals surface area contributed by atoms with E-state index in [0.717, 1.165) is 25.8 Å². The molecule has 116 valence electrons. The zero-order valence-electron chi connectivity index (χ0n) is 12.8. The van der Waals surface area contributed by atoms with Crippen LogP contribution in [0.25, 0.3) is 0 Å². The molecule has 0 spiro atoms. The maximum Gasteiger partial charge on any atom is 0.257 e. The summed E-state index contributed by atoms with van der Waals surface area (Å²) >= 11 is 5.97. The first kappa shape index (κ1) is 16.2. The van der Waals surface area contributed by atoms with Crippen LogP contribution in [0.1, 0.15) is 56.3 Å². The fourth-order valence-electron chi connectivity index (χ4n) is 2.90. The SMILES string of the molecule is CC(C)CCN(C(=O)c1cc(Cl)ccc1O)C1CCCC1. The minimum absolute atomic E-state index is 0.0111. The Bertz CT molecular complexity index is 496. The van der Waals surface area contributed by atoms with Gasteiger partial charge in [0.15, 0.2) is 0 Å². The van der Waals surface area contributed by atoms with E-state index in [9.17, 15) is 9.90 Å². The summed E-state index contributed by atoms with van der Waals surface area (Å²) in [6, 6.07) is 4.96. The monoisotopic (exact) mass is 309 g/mol. The molecule has 1 fully saturated rings. The zero-order valence-corrected chi connectivity index (χ0v) is 13.6. The first-order chi connectivity index (χ1) is 9.99. The highest BCUT2D eigenvalue weighted by atomic mass is 35.5. The predicted octanol–water partition coefficient (Wildman–Crippen LogP) is 4.48. The highest BCUT2D eigenvalue weighted by molar-refractivity contribution is 6.31. The number of benzene rings is 1. The molecule has 1 saturated carbocycles. The third kappa shape index (κ3) is 4.13. The van der Waals surface area contributed by atoms with Crippen molar-refractivity contribution in [1.82, 2.24) is 4.90 Å². The Hall–Kier alpha value is -1.22. The molecule has 1 aliphatic rings. The molecule has 1 amide bonds. The van der Waals surface area contributed by atoms with Crippen molar-refractivity contribution in [2.45, 2.75) is 52.0 Å². The third-order valence-electron chi connectivity index (χ3n) is 4.16. The van der Waals surface area contributed by atoms with Gasteiger partial charge in [-0.05, 0) is 43.4 Å². The molecule has 0 heterocycles. The van der Waals surface area contributed by atoms with E-state index in [4.69, 9.17) is 11.6 Å². The lowest BCUT2D eigenvalue weighted by atomic mass is 10.1. The first-order valence-electron chi connectivity index (χ1n) is 7.78. The van der Waals surface area contributed by atoms with E-state index in [1.165, 1.54) is 18.9 Å². The van der Waals surface area contributed by atoms with Gasteiger partial charge in [-0.1, -0.05) is 38.3 Å². The van der Waals surface area contributed by atoms with E-state index in [2.05, 4.69) is 13.8 Å². The van der Waals surface area contributed by atoms with Crippen molar-refractivity contribution in [2.75, 3.05) is 6.54 Å². The van der Waals surface area contributed by atoms with Crippen LogP contribution in [0.3, 0.4) is 0 Å². The summed E-state index contributed by atoms with van der Waals surface area (Å²) in [5, 5.41) is 10.4. The van der Waals surface area contributed by atoms with Gasteiger partial charge in [0.1, 0.15) is 5.75 Å². The number of nitrogens with zero attached hydrogens (tertiary/aromatic N) is 1. The summed E-state index contributed by atoms with van der Waals surface area (Å²) in [7, 11) is 0. The van der Waals surface area contributed by atoms with E-state index in [1.54, 1.807) is 12.1 Å². The topological polar surface area (TPSA) is 40.5 Å². The van der Waals surface area contributed by atoms with Gasteiger partial charge in [-0.2, -0.15) is 0 Å². The van der Waals surface area contributed by atoms with Crippen LogP contribution in [0.5, 0.6) is 5.75 Å². The second-order valence-electron chi connectivity index (χ2n) is 6.28. The Morgan fingerprint density at radius 1 is 1.38 bits per heavy atom. The van der Waals surface area contributed by atoms with Crippen LogP contribution >= 0.6 is 11.6 Å². The van der Waals surface area contributed by atoms with Crippen LogP contribution < -0.4 is 0 Å². The lowest BCUT2D eigenvalue weighted by Crippen LogP contribution is -2.40. The molecule has 0 saturated heterocycles. The van der Waals surface area contributed by atoms with Gasteiger partial charge in [0, 0.05) is 17.6 Å². The van der Waals surface area contributed by atoms with Crippen molar-refractivity contribution in [3.8, 4) is 5.75 Å². The van der Waals surface area contributed by atoms with Crippen LogP contribution in [0.4, 0.5) is 0 Å². The molecule has 1 N–H and O–H groups in total. The molecule has 0 atom stereocenters. The highest BCUT2D eigenvalue weighted by Gasteiger charge is 2.28. The lowest BCUT2D eigenvalue weighted by molar-refractivity contribution is 0.0669. The molecule has 0 unspecified atom stereocenters. The van der Waals surface area contributed by atoms with Gasteiger partial charge in [-0.3, -0.25) is 4.79 Å². The van der Waals surface area contributed by atoms with E-state index in [1.807, 2.05) is 4.90 Å². The van der Waals surface area contributed by atoms with E-state index in [0.29, 0.717) is 22.5 Å². The summed E-state index contributed by atoms with van der Waals surface area (Å²) in [5.41, 5.74) is 0.318. The Morgan fingerprint density at radius 3 is 2.67 bits per heavy atom. The van der Waals surface area contributed by atoms with Gasteiger partial charge >= 0.3 is 0 Å². The molecule has 0 bridgehead atoms. The van der Waals surface area contributed by atoms with Gasteiger partial charge in [-0.15, -0.1) is 0 Å². The lowest BCUT2D eigenvalue weighted by Gasteiger charge is -2.30. The number of carbonyl (C=O) groups is 1. The average molecular weight is 310 g/mol. The number of amides is 1. The minimum atomic E-state index is -0.0949. The Balaban J connectivity index is 2.21. The standard InChI is InChI=1S/C17H24ClNO2/c1-12(2)9-10-19(14-5-3-4-6-14)17(21)15-11-13(18)7-8-16(15)20/h7-8,11-12,14,20H,3-6,9-10H2,1-2H3. The van der Waals surface area contributed by atoms with Crippen molar-refractivity contribution in [2.24, 2.45) is 5.92 Å². The molecule has 0 aliphatic heterocycles. The number of rotatable bonds is 5. The summed E-state index contributed by atoms with van der Waals surface area (Å²) in [6.45, 7) is 5.06. The number of phenols is 1. The van der Waals surface area contributed by atoms with Gasteiger partial charge in [0.2, 0.25) is 0 Å². The molecule has 0 radical (unpaired) electrons. The minimum Gasteiger partial charge on any atom is -0.507 e. The second kappa shape index (κ2) is 7.17. The molecule has 4 heteroatoms. The van der Waals surface area contributed by atoms with Crippen molar-refractivity contribution in [1.29, 1.82) is 0 Å². The van der Waals surface area contributed by atoms with Crippen molar-refractivity contribution in [3.63, 3.8) is 0 Å². The summed E-state index contributed by atoms with van der Waals surface area (Å²) in [5.74, 6) is 0.467. The third-order valence-corrected chi connectivity index (χ3v) is 4.40. The smallest absolute Gasteiger partial charge is 0.257 e. The summed E-state index contributed by atoms with van der Waals surface area (Å²) < 4.78 is 0. The molecule has 1 aliphatic carbocycles. The van der Waals surface area contributed by atoms with Crippen LogP contribution in [0, 0.1) is 5.92 Å². The number of phenolic OH excluding ortho intramolecular Hbond substituents is 1. The number of halogens is 1. The van der Waals surface area contributed by atoms with Gasteiger partial charge in [0.05, 0.1) is 5.56 Å². The van der Waals surface area contributed by atoms with Gasteiger partial charge in [0.25, 0.3) is 5.91 Å². The van der Waals surface area contributed by atoms with E-state index >= 15 is 0 Å². The number of aromatic hydroxyl groups is 1. The number of carbonyl (C=O) groups excluding carboxylic acids is 1. The molecule has 3 nitrogen and oxygen atoms in total. The maximum absolute atomic E-state index is 12.8. The van der Waals surface area contributed by atoms with Crippen LogP contribution in [-0.4, -0.2) is 28.5 Å². The highest BCUT2D eigenvalue weighted by Crippen LogP contribution is 2.29. The van der Waals surface area contributed by atoms with Crippen LogP contribution in [0.2, 0.25) is 5.02 Å². The molecule has 1 aromatic rings. The molecule has 21 heavy (non-hydrogen) atoms. The molecular formula is C17H24ClNO2. The Morgan fingerprint density at radius 2 is 2.05 bits per heavy atom. The maximum atomic E-state index is 12.8. The van der Waals surface area contributed by atoms with Gasteiger partial charge in [-0.25, -0.2) is 0 Å². The molecule has 0 aromatic heterocycles. The number of hydrogen-bond donors (Lipinski definition) is 1. The Labute approximate surface area is 131 Å². The fourth-order valence-corrected chi connectivity index (χ4v) is 3.07. The quantitative estimate of drug-likeness (QED) is 0.871. The van der Waals surface area contributed by atoms with Crippen molar-refractivity contribution < 1.29 is 9.90 Å². The second-order valence-corrected chi connectivity index (χ2v) is 6.72. The van der Waals surface area contributed by atoms with Crippen molar-refractivity contribution >= 4 is 17.5 Å². The predicted molar refractivity (Wildman–Crippen MR) is 85.9 cm³/mol. The average Bonchev–Trinajstić information content (AvgIpc) is 2.95. The first-order valence-corrected chi connectivity index (χ1v) is 8.16. The van der Waals surface area contributed by atoms with Crippen molar-refractivity contribution in [3.05, 3.63) is 28.8 Å². The normalized spacial score (nSPS) is 15.6. The molecule has 2 rings (SSSR count). The summed E-state index contributed by atoms with van der Waals surface area (Å²) in [6.07, 6.45) is 5.45. The molecule has 1 aromatic carbocycles. The van der Waals surface area contributed by atoms with E-state index < -0.39 is 0 Å². The van der Waals surface area contributed by atoms with Gasteiger partial charge < -0.3 is 10.0 Å². The largest absolute Gasteiger partial charge is 0.507 e. The zero-order chi connectivity index (χ0) is 15.4. The van der Waals surface area contributed by atoms with Crippen LogP contribution in [-0.2, 0) is 0 Å².